The first kappa shape index (κ1) is 21.0. The maximum Gasteiger partial charge on any atom is 0.226 e. The number of ether oxygens (including phenoxy) is 2. The van der Waals surface area contributed by atoms with Crippen molar-refractivity contribution in [1.29, 1.82) is 0 Å². The molecule has 0 saturated carbocycles. The number of aromatic nitrogens is 3. The van der Waals surface area contributed by atoms with Gasteiger partial charge in [0.15, 0.2) is 0 Å². The molecule has 0 unspecified atom stereocenters. The lowest BCUT2D eigenvalue weighted by Gasteiger charge is -2.24. The second-order valence-corrected chi connectivity index (χ2v) is 9.38. The lowest BCUT2D eigenvalue weighted by atomic mass is 9.86. The zero-order valence-corrected chi connectivity index (χ0v) is 20.2. The number of thiazole rings is 1. The Labute approximate surface area is 197 Å². The van der Waals surface area contributed by atoms with Gasteiger partial charge in [-0.1, -0.05) is 17.4 Å². The van der Waals surface area contributed by atoms with E-state index < -0.39 is 0 Å². The van der Waals surface area contributed by atoms with Crippen molar-refractivity contribution in [3.8, 4) is 16.6 Å². The average Bonchev–Trinajstić information content (AvgIpc) is 3.34. The van der Waals surface area contributed by atoms with Gasteiger partial charge in [-0.15, -0.1) is 0 Å². The van der Waals surface area contributed by atoms with Crippen LogP contribution in [0.25, 0.3) is 15.3 Å². The lowest BCUT2D eigenvalue weighted by molar-refractivity contribution is -0.116. The summed E-state index contributed by atoms with van der Waals surface area (Å²) in [6, 6.07) is 11.8. The zero-order valence-electron chi connectivity index (χ0n) is 17.8. The molecule has 1 amide bonds. The maximum absolute atomic E-state index is 12.7. The van der Waals surface area contributed by atoms with Gasteiger partial charge < -0.3 is 14.8 Å². The van der Waals surface area contributed by atoms with Gasteiger partial charge in [0, 0.05) is 17.9 Å². The molecule has 1 aliphatic rings. The summed E-state index contributed by atoms with van der Waals surface area (Å²) in [6.45, 7) is 4.54. The Kier molecular flexibility index (Phi) is 5.38. The summed E-state index contributed by atoms with van der Waals surface area (Å²) >= 11 is 5.08. The van der Waals surface area contributed by atoms with Gasteiger partial charge in [0.05, 0.1) is 34.1 Å². The van der Waals surface area contributed by atoms with Crippen molar-refractivity contribution in [1.82, 2.24) is 14.8 Å². The predicted octanol–water partition coefficient (Wildman–Crippen LogP) is 5.43. The largest absolute Gasteiger partial charge is 0.496 e. The first-order valence-corrected chi connectivity index (χ1v) is 11.9. The molecule has 2 aromatic heterocycles. The minimum atomic E-state index is -0.103. The third-order valence-corrected chi connectivity index (χ3v) is 7.13. The number of nitrogens with one attached hydrogen (secondary N) is 1. The van der Waals surface area contributed by atoms with Gasteiger partial charge in [0.25, 0.3) is 0 Å². The predicted molar refractivity (Wildman–Crippen MR) is 128 cm³/mol. The summed E-state index contributed by atoms with van der Waals surface area (Å²) in [5.74, 6) is 2.10. The number of rotatable bonds is 5. The molecule has 0 radical (unpaired) electrons. The van der Waals surface area contributed by atoms with Crippen molar-refractivity contribution in [3.63, 3.8) is 0 Å². The van der Waals surface area contributed by atoms with E-state index in [1.165, 1.54) is 11.3 Å². The molecule has 32 heavy (non-hydrogen) atoms. The third-order valence-electron chi connectivity index (χ3n) is 5.52. The Balaban J connectivity index is 1.60. The monoisotopic (exact) mass is 512 g/mol. The van der Waals surface area contributed by atoms with Crippen LogP contribution < -0.4 is 14.8 Å². The molecule has 1 aliphatic heterocycles. The van der Waals surface area contributed by atoms with Crippen LogP contribution in [0.15, 0.2) is 40.9 Å². The van der Waals surface area contributed by atoms with Crippen molar-refractivity contribution >= 4 is 49.2 Å². The highest BCUT2D eigenvalue weighted by Crippen LogP contribution is 2.42. The summed E-state index contributed by atoms with van der Waals surface area (Å²) in [4.78, 5) is 17.4. The molecule has 0 fully saturated rings. The van der Waals surface area contributed by atoms with Gasteiger partial charge in [-0.3, -0.25) is 4.79 Å². The highest BCUT2D eigenvalue weighted by Gasteiger charge is 2.33. The Bertz CT molecular complexity index is 1350. The van der Waals surface area contributed by atoms with Crippen LogP contribution in [-0.4, -0.2) is 34.4 Å². The van der Waals surface area contributed by atoms with E-state index in [0.717, 1.165) is 43.0 Å². The molecule has 4 aromatic rings. The standard InChI is InChI=1S/C23H21BrN4O3S/c1-4-31-14-6-7-17-19(10-14)32-23(25-17)28-22-21(12(2)27-28)15(11-20(29)26-22)13-5-8-18(30-3)16(24)9-13/h5-10,15H,4,11H2,1-3H3,(H,26,29)/t15-/m1/s1. The lowest BCUT2D eigenvalue weighted by Crippen LogP contribution is -2.25. The van der Waals surface area contributed by atoms with E-state index >= 15 is 0 Å². The van der Waals surface area contributed by atoms with Crippen LogP contribution in [0.5, 0.6) is 11.5 Å². The van der Waals surface area contributed by atoms with E-state index in [-0.39, 0.29) is 11.8 Å². The topological polar surface area (TPSA) is 78.3 Å². The number of benzene rings is 2. The van der Waals surface area contributed by atoms with E-state index in [1.54, 1.807) is 11.8 Å². The summed E-state index contributed by atoms with van der Waals surface area (Å²) in [6.07, 6.45) is 0.357. The SMILES string of the molecule is CCOc1ccc2nc(-n3nc(C)c4c3NC(=O)C[C@@H]4c3ccc(OC)c(Br)c3)sc2c1. The van der Waals surface area contributed by atoms with Gasteiger partial charge in [-0.05, 0) is 65.7 Å². The van der Waals surface area contributed by atoms with Crippen molar-refractivity contribution in [2.24, 2.45) is 0 Å². The van der Waals surface area contributed by atoms with Gasteiger partial charge in [-0.25, -0.2) is 4.98 Å². The molecule has 0 spiro atoms. The van der Waals surface area contributed by atoms with E-state index in [2.05, 4.69) is 21.2 Å². The number of carbonyl (C=O) groups is 1. The molecule has 3 heterocycles. The molecule has 2 aromatic carbocycles. The summed E-state index contributed by atoms with van der Waals surface area (Å²) in [7, 11) is 1.63. The number of nitrogens with zero attached hydrogens (tertiary/aromatic N) is 3. The van der Waals surface area contributed by atoms with Crippen LogP contribution in [-0.2, 0) is 4.79 Å². The Morgan fingerprint density at radius 1 is 1.28 bits per heavy atom. The molecule has 5 rings (SSSR count). The normalized spacial score (nSPS) is 15.5. The fourth-order valence-corrected chi connectivity index (χ4v) is 5.62. The number of amides is 1. The second-order valence-electron chi connectivity index (χ2n) is 7.52. The molecular weight excluding hydrogens is 492 g/mol. The zero-order chi connectivity index (χ0) is 22.4. The van der Waals surface area contributed by atoms with Gasteiger partial charge in [0.1, 0.15) is 17.3 Å². The average molecular weight is 513 g/mol. The van der Waals surface area contributed by atoms with Crippen molar-refractivity contribution in [3.05, 3.63) is 57.7 Å². The van der Waals surface area contributed by atoms with Gasteiger partial charge in [-0.2, -0.15) is 9.78 Å². The molecule has 0 saturated heterocycles. The van der Waals surface area contributed by atoms with Gasteiger partial charge >= 0.3 is 0 Å². The molecule has 7 nitrogen and oxygen atoms in total. The number of fused-ring (bicyclic) bond motifs is 2. The maximum atomic E-state index is 12.7. The first-order chi connectivity index (χ1) is 15.5. The van der Waals surface area contributed by atoms with Crippen molar-refractivity contribution < 1.29 is 14.3 Å². The highest BCUT2D eigenvalue weighted by molar-refractivity contribution is 9.10. The number of halogens is 1. The number of hydrogen-bond donors (Lipinski definition) is 1. The molecule has 0 aliphatic carbocycles. The van der Waals surface area contributed by atoms with Gasteiger partial charge in [0.2, 0.25) is 11.0 Å². The minimum Gasteiger partial charge on any atom is -0.496 e. The molecule has 164 valence electrons. The number of anilines is 1. The third kappa shape index (κ3) is 3.55. The van der Waals surface area contributed by atoms with Crippen LogP contribution >= 0.6 is 27.3 Å². The Morgan fingerprint density at radius 2 is 2.12 bits per heavy atom. The second kappa shape index (κ2) is 8.22. The van der Waals surface area contributed by atoms with Crippen LogP contribution in [0, 0.1) is 6.92 Å². The van der Waals surface area contributed by atoms with E-state index in [0.29, 0.717) is 24.0 Å². The highest BCUT2D eigenvalue weighted by atomic mass is 79.9. The van der Waals surface area contributed by atoms with Crippen molar-refractivity contribution in [2.45, 2.75) is 26.2 Å². The van der Waals surface area contributed by atoms with E-state index in [4.69, 9.17) is 19.6 Å². The van der Waals surface area contributed by atoms with E-state index in [9.17, 15) is 4.79 Å². The number of aryl methyl sites for hydroxylation is 1. The quantitative estimate of drug-likeness (QED) is 0.385. The minimum absolute atomic E-state index is 0.0460. The Hall–Kier alpha value is -2.91. The molecule has 0 bridgehead atoms. The molecule has 9 heteroatoms. The molecule has 1 atom stereocenters. The van der Waals surface area contributed by atoms with Crippen LogP contribution in [0.1, 0.15) is 36.1 Å². The Morgan fingerprint density at radius 3 is 2.88 bits per heavy atom. The van der Waals surface area contributed by atoms with Crippen molar-refractivity contribution in [2.75, 3.05) is 19.0 Å². The summed E-state index contributed by atoms with van der Waals surface area (Å²) in [5.41, 5.74) is 3.78. The fraction of sp³-hybridized carbons (Fsp3) is 0.261. The first-order valence-electron chi connectivity index (χ1n) is 10.2. The summed E-state index contributed by atoms with van der Waals surface area (Å²) < 4.78 is 14.6. The molecule has 1 N–H and O–H groups in total. The summed E-state index contributed by atoms with van der Waals surface area (Å²) in [5, 5.41) is 8.50. The smallest absolute Gasteiger partial charge is 0.226 e. The number of hydrogen-bond acceptors (Lipinski definition) is 6. The number of carbonyl (C=O) groups excluding carboxylic acids is 1. The number of methoxy groups -OCH3 is 1. The van der Waals surface area contributed by atoms with Crippen LogP contribution in [0.3, 0.4) is 0 Å². The van der Waals surface area contributed by atoms with Crippen LogP contribution in [0.4, 0.5) is 5.82 Å². The van der Waals surface area contributed by atoms with E-state index in [1.807, 2.05) is 50.2 Å². The molecular formula is C23H21BrN4O3S. The van der Waals surface area contributed by atoms with Crippen LogP contribution in [0.2, 0.25) is 0 Å². The fourth-order valence-electron chi connectivity index (χ4n) is 4.11.